The van der Waals surface area contributed by atoms with Crippen LogP contribution in [0.2, 0.25) is 0 Å². The lowest BCUT2D eigenvalue weighted by atomic mass is 10.2. The average Bonchev–Trinajstić information content (AvgIpc) is 2.47. The molecule has 0 aromatic carbocycles. The van der Waals surface area contributed by atoms with E-state index in [0.717, 1.165) is 0 Å². The maximum atomic E-state index is 9.24. The standard InChI is InChI=1S/C6H13N3O3/c7-6(9-11)1-8-4-2-12-3-5(4)10/h4-5,8,10-11H,1-3H2,(H2,7,9)/t4-,5-/m1/s1. The Kier molecular flexibility index (Phi) is 3.27. The van der Waals surface area contributed by atoms with Gasteiger partial charge in [-0.2, -0.15) is 0 Å². The van der Waals surface area contributed by atoms with Crippen LogP contribution in [0, 0.1) is 0 Å². The molecule has 1 saturated heterocycles. The molecule has 0 bridgehead atoms. The zero-order valence-electron chi connectivity index (χ0n) is 6.60. The molecule has 1 rings (SSSR count). The fourth-order valence-electron chi connectivity index (χ4n) is 1.01. The van der Waals surface area contributed by atoms with Crippen LogP contribution in [0.5, 0.6) is 0 Å². The van der Waals surface area contributed by atoms with Crippen molar-refractivity contribution in [3.63, 3.8) is 0 Å². The number of oxime groups is 1. The lowest BCUT2D eigenvalue weighted by molar-refractivity contribution is 0.123. The summed E-state index contributed by atoms with van der Waals surface area (Å²) in [5, 5.41) is 23.1. The van der Waals surface area contributed by atoms with E-state index in [4.69, 9.17) is 15.7 Å². The van der Waals surface area contributed by atoms with E-state index < -0.39 is 6.10 Å². The first-order valence-electron chi connectivity index (χ1n) is 3.69. The van der Waals surface area contributed by atoms with Gasteiger partial charge in [0, 0.05) is 0 Å². The van der Waals surface area contributed by atoms with E-state index in [-0.39, 0.29) is 18.4 Å². The summed E-state index contributed by atoms with van der Waals surface area (Å²) in [5.74, 6) is 0.0918. The molecule has 0 aliphatic carbocycles. The maximum Gasteiger partial charge on any atom is 0.153 e. The first-order valence-corrected chi connectivity index (χ1v) is 3.69. The van der Waals surface area contributed by atoms with Crippen LogP contribution >= 0.6 is 0 Å². The summed E-state index contributed by atoms with van der Waals surface area (Å²) in [4.78, 5) is 0. The van der Waals surface area contributed by atoms with Crippen molar-refractivity contribution in [1.29, 1.82) is 0 Å². The average molecular weight is 175 g/mol. The maximum absolute atomic E-state index is 9.24. The molecule has 1 aliphatic heterocycles. The normalized spacial score (nSPS) is 30.9. The zero-order chi connectivity index (χ0) is 8.97. The Bertz CT molecular complexity index is 173. The van der Waals surface area contributed by atoms with Crippen LogP contribution in [0.1, 0.15) is 0 Å². The molecule has 6 nitrogen and oxygen atoms in total. The Balaban J connectivity index is 2.22. The van der Waals surface area contributed by atoms with Gasteiger partial charge in [-0.15, -0.1) is 0 Å². The van der Waals surface area contributed by atoms with Crippen LogP contribution in [0.4, 0.5) is 0 Å². The highest BCUT2D eigenvalue weighted by Crippen LogP contribution is 2.03. The summed E-state index contributed by atoms with van der Waals surface area (Å²) in [6, 6.07) is -0.120. The van der Waals surface area contributed by atoms with Crippen LogP contribution in [-0.4, -0.2) is 48.1 Å². The number of amidine groups is 1. The number of nitrogens with two attached hydrogens (primary N) is 1. The molecule has 0 aromatic rings. The Hall–Kier alpha value is -0.850. The minimum atomic E-state index is -0.503. The summed E-state index contributed by atoms with van der Waals surface area (Å²) in [6.07, 6.45) is -0.503. The number of hydrogen-bond acceptors (Lipinski definition) is 5. The summed E-state index contributed by atoms with van der Waals surface area (Å²) >= 11 is 0. The van der Waals surface area contributed by atoms with Gasteiger partial charge < -0.3 is 26.1 Å². The predicted molar refractivity (Wildman–Crippen MR) is 42.0 cm³/mol. The number of ether oxygens (including phenoxy) is 1. The van der Waals surface area contributed by atoms with Crippen molar-refractivity contribution in [2.75, 3.05) is 19.8 Å². The number of hydrogen-bond donors (Lipinski definition) is 4. The van der Waals surface area contributed by atoms with Crippen molar-refractivity contribution in [3.05, 3.63) is 0 Å². The number of nitrogens with one attached hydrogen (secondary N) is 1. The quantitative estimate of drug-likeness (QED) is 0.173. The van der Waals surface area contributed by atoms with E-state index in [9.17, 15) is 5.11 Å². The molecule has 0 amide bonds. The molecule has 0 unspecified atom stereocenters. The van der Waals surface area contributed by atoms with E-state index in [1.807, 2.05) is 0 Å². The van der Waals surface area contributed by atoms with Crippen molar-refractivity contribution in [2.45, 2.75) is 12.1 Å². The van der Waals surface area contributed by atoms with Gasteiger partial charge in [0.2, 0.25) is 0 Å². The van der Waals surface area contributed by atoms with Crippen molar-refractivity contribution in [3.8, 4) is 0 Å². The van der Waals surface area contributed by atoms with Crippen molar-refractivity contribution < 1.29 is 15.1 Å². The largest absolute Gasteiger partial charge is 0.409 e. The van der Waals surface area contributed by atoms with Crippen molar-refractivity contribution in [2.24, 2.45) is 10.9 Å². The van der Waals surface area contributed by atoms with Gasteiger partial charge in [0.15, 0.2) is 5.84 Å². The molecule has 1 heterocycles. The van der Waals surface area contributed by atoms with Gasteiger partial charge in [-0.3, -0.25) is 0 Å². The first-order chi connectivity index (χ1) is 5.74. The van der Waals surface area contributed by atoms with E-state index in [2.05, 4.69) is 10.5 Å². The van der Waals surface area contributed by atoms with Gasteiger partial charge in [0.1, 0.15) is 0 Å². The summed E-state index contributed by atoms with van der Waals surface area (Å²) < 4.78 is 4.98. The second-order valence-electron chi connectivity index (χ2n) is 2.68. The zero-order valence-corrected chi connectivity index (χ0v) is 6.60. The molecular formula is C6H13N3O3. The van der Waals surface area contributed by atoms with E-state index in [1.54, 1.807) is 0 Å². The Morgan fingerprint density at radius 3 is 2.92 bits per heavy atom. The van der Waals surface area contributed by atoms with Crippen LogP contribution in [-0.2, 0) is 4.74 Å². The Morgan fingerprint density at radius 2 is 2.42 bits per heavy atom. The molecule has 0 saturated carbocycles. The van der Waals surface area contributed by atoms with Crippen molar-refractivity contribution in [1.82, 2.24) is 5.32 Å². The molecule has 70 valence electrons. The van der Waals surface area contributed by atoms with E-state index in [0.29, 0.717) is 13.2 Å². The predicted octanol–water partition coefficient (Wildman–Crippen LogP) is -1.92. The molecule has 12 heavy (non-hydrogen) atoms. The van der Waals surface area contributed by atoms with E-state index in [1.165, 1.54) is 0 Å². The summed E-state index contributed by atoms with van der Waals surface area (Å²) in [5.41, 5.74) is 5.21. The molecule has 1 aliphatic rings. The minimum absolute atomic E-state index is 0.0918. The monoisotopic (exact) mass is 175 g/mol. The van der Waals surface area contributed by atoms with Crippen LogP contribution in [0.25, 0.3) is 0 Å². The fraction of sp³-hybridized carbons (Fsp3) is 0.833. The Labute approximate surface area is 70.0 Å². The second-order valence-corrected chi connectivity index (χ2v) is 2.68. The van der Waals surface area contributed by atoms with Gasteiger partial charge in [0.25, 0.3) is 0 Å². The molecule has 5 N–H and O–H groups in total. The molecule has 0 aromatic heterocycles. The topological polar surface area (TPSA) is 100 Å². The van der Waals surface area contributed by atoms with Crippen LogP contribution < -0.4 is 11.1 Å². The van der Waals surface area contributed by atoms with Gasteiger partial charge in [-0.05, 0) is 0 Å². The van der Waals surface area contributed by atoms with Gasteiger partial charge in [-0.1, -0.05) is 5.16 Å². The molecule has 2 atom stereocenters. The highest BCUT2D eigenvalue weighted by molar-refractivity contribution is 5.81. The number of nitrogens with zero attached hydrogens (tertiary/aromatic N) is 1. The number of aliphatic hydroxyl groups excluding tert-OH is 1. The molecule has 0 radical (unpaired) electrons. The van der Waals surface area contributed by atoms with E-state index >= 15 is 0 Å². The smallest absolute Gasteiger partial charge is 0.153 e. The Morgan fingerprint density at radius 1 is 1.67 bits per heavy atom. The number of aliphatic hydroxyl groups is 1. The minimum Gasteiger partial charge on any atom is -0.409 e. The SMILES string of the molecule is N/C(CN[C@@H]1COC[C@H]1O)=N\O. The lowest BCUT2D eigenvalue weighted by Crippen LogP contribution is -2.43. The summed E-state index contributed by atoms with van der Waals surface area (Å²) in [6.45, 7) is 1.05. The van der Waals surface area contributed by atoms with Gasteiger partial charge in [0.05, 0.1) is 31.9 Å². The third-order valence-corrected chi connectivity index (χ3v) is 1.72. The van der Waals surface area contributed by atoms with Crippen LogP contribution in [0.3, 0.4) is 0 Å². The third-order valence-electron chi connectivity index (χ3n) is 1.72. The van der Waals surface area contributed by atoms with Gasteiger partial charge in [-0.25, -0.2) is 0 Å². The van der Waals surface area contributed by atoms with Crippen LogP contribution in [0.15, 0.2) is 5.16 Å². The fourth-order valence-corrected chi connectivity index (χ4v) is 1.01. The molecule has 0 spiro atoms. The lowest BCUT2D eigenvalue weighted by Gasteiger charge is -2.13. The highest BCUT2D eigenvalue weighted by atomic mass is 16.5. The highest BCUT2D eigenvalue weighted by Gasteiger charge is 2.25. The second kappa shape index (κ2) is 4.24. The summed E-state index contributed by atoms with van der Waals surface area (Å²) in [7, 11) is 0. The number of rotatable bonds is 3. The first kappa shape index (κ1) is 9.24. The third kappa shape index (κ3) is 2.33. The van der Waals surface area contributed by atoms with Gasteiger partial charge >= 0.3 is 0 Å². The molecule has 6 heteroatoms. The van der Waals surface area contributed by atoms with Crippen molar-refractivity contribution >= 4 is 5.84 Å². The molecular weight excluding hydrogens is 162 g/mol. The molecule has 1 fully saturated rings.